The van der Waals surface area contributed by atoms with Gasteiger partial charge in [-0.15, -0.1) is 0 Å². The van der Waals surface area contributed by atoms with Crippen LogP contribution < -0.4 is 10.1 Å². The van der Waals surface area contributed by atoms with Crippen LogP contribution in [-0.4, -0.2) is 12.0 Å². The van der Waals surface area contributed by atoms with Crippen LogP contribution in [0, 0.1) is 0 Å². The van der Waals surface area contributed by atoms with Gasteiger partial charge < -0.3 is 10.1 Å². The lowest BCUT2D eigenvalue weighted by Crippen LogP contribution is -2.30. The van der Waals surface area contributed by atoms with Gasteiger partial charge in [0.1, 0.15) is 5.75 Å². The van der Waals surface area contributed by atoms with Crippen molar-refractivity contribution in [1.29, 1.82) is 0 Å². The lowest BCUT2D eigenvalue weighted by atomic mass is 10.1. The molecule has 0 spiro atoms. The second-order valence-electron chi connectivity index (χ2n) is 5.35. The SMILES string of the molecule is C[C@H](Oc1ccc(Br)cc1Br)C(=O)Nc1cccc2ccccc12. The Morgan fingerprint density at radius 3 is 2.58 bits per heavy atom. The van der Waals surface area contributed by atoms with E-state index in [1.807, 2.05) is 60.7 Å². The van der Waals surface area contributed by atoms with Crippen molar-refractivity contribution in [2.75, 3.05) is 5.32 Å². The first-order valence-electron chi connectivity index (χ1n) is 7.45. The fraction of sp³-hybridized carbons (Fsp3) is 0.105. The van der Waals surface area contributed by atoms with E-state index in [1.165, 1.54) is 0 Å². The number of nitrogens with one attached hydrogen (secondary N) is 1. The number of benzene rings is 3. The van der Waals surface area contributed by atoms with Crippen LogP contribution in [-0.2, 0) is 4.79 Å². The number of carbonyl (C=O) groups is 1. The van der Waals surface area contributed by atoms with Crippen molar-refractivity contribution in [3.8, 4) is 5.75 Å². The fourth-order valence-electron chi connectivity index (χ4n) is 2.38. The largest absolute Gasteiger partial charge is 0.480 e. The van der Waals surface area contributed by atoms with Gasteiger partial charge in [0.25, 0.3) is 5.91 Å². The molecule has 0 radical (unpaired) electrons. The summed E-state index contributed by atoms with van der Waals surface area (Å²) < 4.78 is 7.50. The number of hydrogen-bond donors (Lipinski definition) is 1. The van der Waals surface area contributed by atoms with Crippen LogP contribution in [0.15, 0.2) is 69.6 Å². The van der Waals surface area contributed by atoms with Crippen LogP contribution in [0.4, 0.5) is 5.69 Å². The molecule has 0 fully saturated rings. The van der Waals surface area contributed by atoms with Gasteiger partial charge in [-0.1, -0.05) is 52.3 Å². The lowest BCUT2D eigenvalue weighted by Gasteiger charge is -2.16. The van der Waals surface area contributed by atoms with Gasteiger partial charge in [0.15, 0.2) is 6.10 Å². The fourth-order valence-corrected chi connectivity index (χ4v) is 3.52. The van der Waals surface area contributed by atoms with E-state index in [4.69, 9.17) is 4.74 Å². The smallest absolute Gasteiger partial charge is 0.265 e. The van der Waals surface area contributed by atoms with Crippen molar-refractivity contribution < 1.29 is 9.53 Å². The summed E-state index contributed by atoms with van der Waals surface area (Å²) >= 11 is 6.83. The molecule has 0 unspecified atom stereocenters. The van der Waals surface area contributed by atoms with E-state index < -0.39 is 6.10 Å². The zero-order valence-electron chi connectivity index (χ0n) is 12.9. The Morgan fingerprint density at radius 2 is 1.79 bits per heavy atom. The molecule has 0 heterocycles. The molecule has 3 rings (SSSR count). The van der Waals surface area contributed by atoms with Crippen LogP contribution in [0.25, 0.3) is 10.8 Å². The first-order chi connectivity index (χ1) is 11.5. The first kappa shape index (κ1) is 17.0. The Morgan fingerprint density at radius 1 is 1.04 bits per heavy atom. The first-order valence-corrected chi connectivity index (χ1v) is 9.03. The molecule has 0 saturated heterocycles. The molecule has 1 atom stereocenters. The molecule has 0 aliphatic carbocycles. The second kappa shape index (κ2) is 7.36. The number of rotatable bonds is 4. The zero-order chi connectivity index (χ0) is 17.1. The van der Waals surface area contributed by atoms with Crippen molar-refractivity contribution in [2.45, 2.75) is 13.0 Å². The molecule has 3 aromatic carbocycles. The Hall–Kier alpha value is -1.85. The molecule has 122 valence electrons. The van der Waals surface area contributed by atoms with Gasteiger partial charge in [0, 0.05) is 15.5 Å². The summed E-state index contributed by atoms with van der Waals surface area (Å²) in [6.45, 7) is 1.73. The molecular weight excluding hydrogens is 434 g/mol. The van der Waals surface area contributed by atoms with Gasteiger partial charge in [-0.25, -0.2) is 0 Å². The molecule has 0 aliphatic rings. The average molecular weight is 449 g/mol. The quantitative estimate of drug-likeness (QED) is 0.550. The van der Waals surface area contributed by atoms with Crippen LogP contribution in [0.3, 0.4) is 0 Å². The molecule has 3 nitrogen and oxygen atoms in total. The number of fused-ring (bicyclic) bond motifs is 1. The highest BCUT2D eigenvalue weighted by atomic mass is 79.9. The number of halogens is 2. The predicted octanol–water partition coefficient (Wildman–Crippen LogP) is 5.77. The van der Waals surface area contributed by atoms with E-state index >= 15 is 0 Å². The van der Waals surface area contributed by atoms with Crippen LogP contribution in [0.2, 0.25) is 0 Å². The van der Waals surface area contributed by atoms with E-state index in [9.17, 15) is 4.79 Å². The summed E-state index contributed by atoms with van der Waals surface area (Å²) in [6, 6.07) is 19.3. The standard InChI is InChI=1S/C19H15Br2NO2/c1-12(24-18-10-9-14(20)11-16(18)21)19(23)22-17-8-4-6-13-5-2-3-7-15(13)17/h2-12H,1H3,(H,22,23)/t12-/m0/s1. The summed E-state index contributed by atoms with van der Waals surface area (Å²) in [5.41, 5.74) is 0.781. The second-order valence-corrected chi connectivity index (χ2v) is 7.12. The van der Waals surface area contributed by atoms with E-state index in [0.29, 0.717) is 5.75 Å². The molecule has 0 bridgehead atoms. The van der Waals surface area contributed by atoms with Gasteiger partial charge in [-0.05, 0) is 52.5 Å². The van der Waals surface area contributed by atoms with E-state index in [1.54, 1.807) is 6.92 Å². The Labute approximate surface area is 157 Å². The minimum atomic E-state index is -0.624. The molecule has 3 aromatic rings. The molecule has 1 N–H and O–H groups in total. The van der Waals surface area contributed by atoms with E-state index in [0.717, 1.165) is 25.4 Å². The lowest BCUT2D eigenvalue weighted by molar-refractivity contribution is -0.122. The highest BCUT2D eigenvalue weighted by Crippen LogP contribution is 2.29. The van der Waals surface area contributed by atoms with Crippen molar-refractivity contribution in [2.24, 2.45) is 0 Å². The average Bonchev–Trinajstić information content (AvgIpc) is 2.57. The van der Waals surface area contributed by atoms with Crippen molar-refractivity contribution in [3.63, 3.8) is 0 Å². The van der Waals surface area contributed by atoms with Crippen molar-refractivity contribution in [1.82, 2.24) is 0 Å². The summed E-state index contributed by atoms with van der Waals surface area (Å²) in [4.78, 5) is 12.5. The third-order valence-corrected chi connectivity index (χ3v) is 4.73. The maximum Gasteiger partial charge on any atom is 0.265 e. The number of amides is 1. The van der Waals surface area contributed by atoms with Gasteiger partial charge >= 0.3 is 0 Å². The highest BCUT2D eigenvalue weighted by Gasteiger charge is 2.17. The predicted molar refractivity (Wildman–Crippen MR) is 105 cm³/mol. The Balaban J connectivity index is 1.76. The number of anilines is 1. The highest BCUT2D eigenvalue weighted by molar-refractivity contribution is 9.11. The van der Waals surface area contributed by atoms with E-state index in [2.05, 4.69) is 37.2 Å². The van der Waals surface area contributed by atoms with Gasteiger partial charge in [0.05, 0.1) is 4.47 Å². The topological polar surface area (TPSA) is 38.3 Å². The van der Waals surface area contributed by atoms with Crippen molar-refractivity contribution >= 4 is 54.2 Å². The monoisotopic (exact) mass is 447 g/mol. The number of ether oxygens (including phenoxy) is 1. The summed E-state index contributed by atoms with van der Waals surface area (Å²) in [6.07, 6.45) is -0.624. The molecule has 0 saturated carbocycles. The van der Waals surface area contributed by atoms with Gasteiger partial charge in [0.2, 0.25) is 0 Å². The maximum atomic E-state index is 12.5. The van der Waals surface area contributed by atoms with Gasteiger partial charge in [-0.2, -0.15) is 0 Å². The molecule has 24 heavy (non-hydrogen) atoms. The zero-order valence-corrected chi connectivity index (χ0v) is 16.1. The summed E-state index contributed by atoms with van der Waals surface area (Å²) in [5, 5.41) is 5.04. The number of carbonyl (C=O) groups excluding carboxylic acids is 1. The minimum Gasteiger partial charge on any atom is -0.480 e. The maximum absolute atomic E-state index is 12.5. The number of hydrogen-bond acceptors (Lipinski definition) is 2. The van der Waals surface area contributed by atoms with Gasteiger partial charge in [-0.3, -0.25) is 4.79 Å². The minimum absolute atomic E-state index is 0.193. The molecule has 1 amide bonds. The Bertz CT molecular complexity index is 890. The van der Waals surface area contributed by atoms with Crippen molar-refractivity contribution in [3.05, 3.63) is 69.6 Å². The van der Waals surface area contributed by atoms with Crippen LogP contribution >= 0.6 is 31.9 Å². The van der Waals surface area contributed by atoms with Crippen LogP contribution in [0.5, 0.6) is 5.75 Å². The molecule has 0 aliphatic heterocycles. The molecule has 5 heteroatoms. The molecular formula is C19H15Br2NO2. The summed E-state index contributed by atoms with van der Waals surface area (Å²) in [5.74, 6) is 0.431. The molecule has 0 aromatic heterocycles. The normalized spacial score (nSPS) is 12.0. The Kier molecular flexibility index (Phi) is 5.21. The third kappa shape index (κ3) is 3.79. The third-order valence-electron chi connectivity index (χ3n) is 3.61. The van der Waals surface area contributed by atoms with Crippen LogP contribution in [0.1, 0.15) is 6.92 Å². The van der Waals surface area contributed by atoms with E-state index in [-0.39, 0.29) is 5.91 Å². The summed E-state index contributed by atoms with van der Waals surface area (Å²) in [7, 11) is 0.